The summed E-state index contributed by atoms with van der Waals surface area (Å²) in [5, 5.41) is 2.76. The van der Waals surface area contributed by atoms with Crippen molar-refractivity contribution in [2.75, 3.05) is 26.1 Å². The van der Waals surface area contributed by atoms with Gasteiger partial charge in [0.2, 0.25) is 0 Å². The van der Waals surface area contributed by atoms with Crippen molar-refractivity contribution in [3.63, 3.8) is 0 Å². The van der Waals surface area contributed by atoms with Gasteiger partial charge >= 0.3 is 0 Å². The van der Waals surface area contributed by atoms with Gasteiger partial charge < -0.3 is 20.5 Å². The number of aryl methyl sites for hydroxylation is 1. The standard InChI is InChI=1S/C14H22N2O3/c1-4-11-5-6-13(12(15)7-11)19-9-14(17)16-10(2)8-18-3/h5-7,10H,4,8-9,15H2,1-3H3,(H,16,17). The largest absolute Gasteiger partial charge is 0.482 e. The van der Waals surface area contributed by atoms with E-state index >= 15 is 0 Å². The van der Waals surface area contributed by atoms with E-state index in [0.29, 0.717) is 18.0 Å². The highest BCUT2D eigenvalue weighted by molar-refractivity contribution is 5.78. The molecule has 1 unspecified atom stereocenters. The highest BCUT2D eigenvalue weighted by Crippen LogP contribution is 2.22. The lowest BCUT2D eigenvalue weighted by molar-refractivity contribution is -0.124. The van der Waals surface area contributed by atoms with Gasteiger partial charge in [-0.2, -0.15) is 0 Å². The molecule has 1 rings (SSSR count). The Morgan fingerprint density at radius 3 is 2.79 bits per heavy atom. The molecular weight excluding hydrogens is 244 g/mol. The molecule has 0 radical (unpaired) electrons. The molecule has 0 heterocycles. The number of hydrogen-bond donors (Lipinski definition) is 2. The Morgan fingerprint density at radius 1 is 1.47 bits per heavy atom. The maximum Gasteiger partial charge on any atom is 0.258 e. The van der Waals surface area contributed by atoms with E-state index in [1.807, 2.05) is 19.1 Å². The molecule has 0 aliphatic heterocycles. The molecule has 106 valence electrons. The van der Waals surface area contributed by atoms with Crippen LogP contribution in [-0.4, -0.2) is 32.3 Å². The van der Waals surface area contributed by atoms with Gasteiger partial charge in [-0.1, -0.05) is 13.0 Å². The Hall–Kier alpha value is -1.75. The van der Waals surface area contributed by atoms with Crippen molar-refractivity contribution >= 4 is 11.6 Å². The third-order valence-corrected chi connectivity index (χ3v) is 2.67. The Morgan fingerprint density at radius 2 is 2.21 bits per heavy atom. The van der Waals surface area contributed by atoms with Gasteiger partial charge in [0.05, 0.1) is 12.3 Å². The van der Waals surface area contributed by atoms with Crippen LogP contribution in [0.4, 0.5) is 5.69 Å². The summed E-state index contributed by atoms with van der Waals surface area (Å²) in [6.45, 7) is 4.34. The number of carbonyl (C=O) groups is 1. The van der Waals surface area contributed by atoms with E-state index in [4.69, 9.17) is 15.2 Å². The molecule has 0 fully saturated rings. The normalized spacial score (nSPS) is 11.9. The van der Waals surface area contributed by atoms with Crippen LogP contribution in [0.1, 0.15) is 19.4 Å². The number of hydrogen-bond acceptors (Lipinski definition) is 4. The number of anilines is 1. The molecule has 0 spiro atoms. The first-order chi connectivity index (χ1) is 9.06. The maximum absolute atomic E-state index is 11.6. The fraction of sp³-hybridized carbons (Fsp3) is 0.500. The van der Waals surface area contributed by atoms with Gasteiger partial charge in [0.15, 0.2) is 6.61 Å². The second-order valence-electron chi connectivity index (χ2n) is 4.44. The lowest BCUT2D eigenvalue weighted by Gasteiger charge is -2.14. The summed E-state index contributed by atoms with van der Waals surface area (Å²) < 4.78 is 10.3. The zero-order chi connectivity index (χ0) is 14.3. The molecule has 1 aromatic carbocycles. The predicted octanol–water partition coefficient (Wildman–Crippen LogP) is 1.36. The molecular formula is C14H22N2O3. The molecule has 0 saturated heterocycles. The molecule has 19 heavy (non-hydrogen) atoms. The number of rotatable bonds is 7. The fourth-order valence-electron chi connectivity index (χ4n) is 1.70. The molecule has 1 atom stereocenters. The van der Waals surface area contributed by atoms with Crippen molar-refractivity contribution in [3.8, 4) is 5.75 Å². The van der Waals surface area contributed by atoms with Crippen molar-refractivity contribution in [1.29, 1.82) is 0 Å². The minimum atomic E-state index is -0.191. The SMILES string of the molecule is CCc1ccc(OCC(=O)NC(C)COC)c(N)c1. The van der Waals surface area contributed by atoms with Crippen LogP contribution in [0.3, 0.4) is 0 Å². The first-order valence-electron chi connectivity index (χ1n) is 6.36. The van der Waals surface area contributed by atoms with Crippen molar-refractivity contribution < 1.29 is 14.3 Å². The van der Waals surface area contributed by atoms with Crippen LogP contribution in [0, 0.1) is 0 Å². The zero-order valence-electron chi connectivity index (χ0n) is 11.7. The number of amides is 1. The lowest BCUT2D eigenvalue weighted by Crippen LogP contribution is -2.38. The molecule has 1 aromatic rings. The average molecular weight is 266 g/mol. The van der Waals surface area contributed by atoms with E-state index in [1.165, 1.54) is 0 Å². The number of methoxy groups -OCH3 is 1. The molecule has 0 aliphatic rings. The molecule has 1 amide bonds. The molecule has 0 saturated carbocycles. The highest BCUT2D eigenvalue weighted by Gasteiger charge is 2.09. The topological polar surface area (TPSA) is 73.6 Å². The quantitative estimate of drug-likeness (QED) is 0.731. The molecule has 0 aromatic heterocycles. The number of nitrogens with one attached hydrogen (secondary N) is 1. The molecule has 0 aliphatic carbocycles. The van der Waals surface area contributed by atoms with Crippen LogP contribution in [0.25, 0.3) is 0 Å². The Balaban J connectivity index is 2.46. The van der Waals surface area contributed by atoms with E-state index in [-0.39, 0.29) is 18.6 Å². The van der Waals surface area contributed by atoms with Crippen LogP contribution in [0.2, 0.25) is 0 Å². The van der Waals surface area contributed by atoms with Gasteiger partial charge in [0.1, 0.15) is 5.75 Å². The monoisotopic (exact) mass is 266 g/mol. The second-order valence-corrected chi connectivity index (χ2v) is 4.44. The van der Waals surface area contributed by atoms with Gasteiger partial charge in [0.25, 0.3) is 5.91 Å². The van der Waals surface area contributed by atoms with E-state index in [2.05, 4.69) is 12.2 Å². The summed E-state index contributed by atoms with van der Waals surface area (Å²) >= 11 is 0. The van der Waals surface area contributed by atoms with Gasteiger partial charge in [-0.25, -0.2) is 0 Å². The van der Waals surface area contributed by atoms with Crippen LogP contribution >= 0.6 is 0 Å². The predicted molar refractivity (Wildman–Crippen MR) is 75.2 cm³/mol. The van der Waals surface area contributed by atoms with Crippen LogP contribution in [0.5, 0.6) is 5.75 Å². The molecule has 3 N–H and O–H groups in total. The minimum Gasteiger partial charge on any atom is -0.482 e. The average Bonchev–Trinajstić information content (AvgIpc) is 2.37. The third-order valence-electron chi connectivity index (χ3n) is 2.67. The van der Waals surface area contributed by atoms with Gasteiger partial charge in [-0.15, -0.1) is 0 Å². The first-order valence-corrected chi connectivity index (χ1v) is 6.36. The second kappa shape index (κ2) is 7.63. The number of carbonyl (C=O) groups excluding carboxylic acids is 1. The summed E-state index contributed by atoms with van der Waals surface area (Å²) in [7, 11) is 1.59. The number of nitrogen functional groups attached to an aromatic ring is 1. The third kappa shape index (κ3) is 5.18. The summed E-state index contributed by atoms with van der Waals surface area (Å²) in [6, 6.07) is 5.55. The van der Waals surface area contributed by atoms with Gasteiger partial charge in [-0.05, 0) is 31.0 Å². The zero-order valence-corrected chi connectivity index (χ0v) is 11.7. The molecule has 0 bridgehead atoms. The van der Waals surface area contributed by atoms with E-state index < -0.39 is 0 Å². The summed E-state index contributed by atoms with van der Waals surface area (Å²) in [4.78, 5) is 11.6. The van der Waals surface area contributed by atoms with Crippen LogP contribution in [-0.2, 0) is 16.0 Å². The lowest BCUT2D eigenvalue weighted by atomic mass is 10.1. The van der Waals surface area contributed by atoms with Gasteiger partial charge in [-0.3, -0.25) is 4.79 Å². The number of nitrogens with two attached hydrogens (primary N) is 1. The Bertz CT molecular complexity index is 421. The van der Waals surface area contributed by atoms with Crippen molar-refractivity contribution in [2.24, 2.45) is 0 Å². The minimum absolute atomic E-state index is 0.0408. The van der Waals surface area contributed by atoms with E-state index in [9.17, 15) is 4.79 Å². The molecule has 5 nitrogen and oxygen atoms in total. The van der Waals surface area contributed by atoms with Crippen molar-refractivity contribution in [2.45, 2.75) is 26.3 Å². The fourth-order valence-corrected chi connectivity index (χ4v) is 1.70. The van der Waals surface area contributed by atoms with E-state index in [1.54, 1.807) is 13.2 Å². The number of benzene rings is 1. The smallest absolute Gasteiger partial charge is 0.258 e. The first kappa shape index (κ1) is 15.3. The summed E-state index contributed by atoms with van der Waals surface area (Å²) in [5.74, 6) is 0.343. The van der Waals surface area contributed by atoms with Crippen molar-refractivity contribution in [3.05, 3.63) is 23.8 Å². The van der Waals surface area contributed by atoms with Crippen LogP contribution in [0.15, 0.2) is 18.2 Å². The Kier molecular flexibility index (Phi) is 6.15. The molecule has 5 heteroatoms. The summed E-state index contributed by atoms with van der Waals surface area (Å²) in [5.41, 5.74) is 7.55. The van der Waals surface area contributed by atoms with Gasteiger partial charge in [0, 0.05) is 13.2 Å². The Labute approximate surface area is 114 Å². The van der Waals surface area contributed by atoms with Crippen molar-refractivity contribution in [1.82, 2.24) is 5.32 Å². The van der Waals surface area contributed by atoms with Crippen LogP contribution < -0.4 is 15.8 Å². The maximum atomic E-state index is 11.6. The van der Waals surface area contributed by atoms with E-state index in [0.717, 1.165) is 12.0 Å². The number of ether oxygens (including phenoxy) is 2. The summed E-state index contributed by atoms with van der Waals surface area (Å²) in [6.07, 6.45) is 0.916. The highest BCUT2D eigenvalue weighted by atomic mass is 16.5.